The Labute approximate surface area is 91.7 Å². The topological polar surface area (TPSA) is 70.0 Å². The maximum absolute atomic E-state index is 11.6. The molecule has 0 aromatic carbocycles. The van der Waals surface area contributed by atoms with Crippen molar-refractivity contribution in [3.05, 3.63) is 0 Å². The van der Waals surface area contributed by atoms with Crippen LogP contribution in [0.15, 0.2) is 0 Å². The quantitative estimate of drug-likeness (QED) is 0.796. The lowest BCUT2D eigenvalue weighted by molar-refractivity contribution is 0.338. The molecule has 5 heteroatoms. The summed E-state index contributed by atoms with van der Waals surface area (Å²) in [7, 11) is -3.27. The van der Waals surface area contributed by atoms with E-state index < -0.39 is 15.6 Å². The number of hydrogen-bond donors (Lipinski definition) is 1. The van der Waals surface area contributed by atoms with Crippen LogP contribution in [0.5, 0.6) is 0 Å². The Bertz CT molecular complexity index is 337. The van der Waals surface area contributed by atoms with Crippen molar-refractivity contribution < 1.29 is 8.42 Å². The molecule has 0 saturated heterocycles. The summed E-state index contributed by atoms with van der Waals surface area (Å²) >= 11 is 0. The van der Waals surface area contributed by atoms with Crippen LogP contribution in [0.1, 0.15) is 45.4 Å². The number of nitrogens with one attached hydrogen (secondary N) is 1. The van der Waals surface area contributed by atoms with Gasteiger partial charge in [-0.15, -0.1) is 0 Å². The molecular weight excluding hydrogens is 212 g/mol. The summed E-state index contributed by atoms with van der Waals surface area (Å²) in [6.45, 7) is 1.82. The van der Waals surface area contributed by atoms with E-state index in [9.17, 15) is 8.42 Å². The number of rotatable bonds is 4. The lowest BCUT2D eigenvalue weighted by Gasteiger charge is -2.31. The highest BCUT2D eigenvalue weighted by atomic mass is 32.2. The molecule has 0 amide bonds. The normalized spacial score (nSPS) is 20.8. The van der Waals surface area contributed by atoms with Gasteiger partial charge in [-0.05, 0) is 19.3 Å². The van der Waals surface area contributed by atoms with Gasteiger partial charge in [0.15, 0.2) is 0 Å². The monoisotopic (exact) mass is 230 g/mol. The van der Waals surface area contributed by atoms with Crippen LogP contribution in [-0.2, 0) is 10.0 Å². The number of nitriles is 1. The predicted octanol–water partition coefficient (Wildman–Crippen LogP) is 1.54. The van der Waals surface area contributed by atoms with Crippen LogP contribution >= 0.6 is 0 Å². The van der Waals surface area contributed by atoms with Gasteiger partial charge in [-0.3, -0.25) is 0 Å². The predicted molar refractivity (Wildman–Crippen MR) is 58.6 cm³/mol. The summed E-state index contributed by atoms with van der Waals surface area (Å²) in [5.74, 6) is 0.108. The van der Waals surface area contributed by atoms with E-state index >= 15 is 0 Å². The molecule has 0 unspecified atom stereocenters. The molecule has 0 aromatic heterocycles. The first kappa shape index (κ1) is 12.5. The van der Waals surface area contributed by atoms with Gasteiger partial charge >= 0.3 is 0 Å². The Hall–Kier alpha value is -0.600. The molecule has 1 fully saturated rings. The number of sulfonamides is 1. The summed E-state index contributed by atoms with van der Waals surface area (Å²) in [5.41, 5.74) is -0.827. The summed E-state index contributed by atoms with van der Waals surface area (Å²) in [5, 5.41) is 9.10. The van der Waals surface area contributed by atoms with E-state index in [-0.39, 0.29) is 5.75 Å². The van der Waals surface area contributed by atoms with Crippen LogP contribution in [-0.4, -0.2) is 19.7 Å². The molecule has 0 atom stereocenters. The van der Waals surface area contributed by atoms with Gasteiger partial charge in [0.05, 0.1) is 11.8 Å². The number of hydrogen-bond acceptors (Lipinski definition) is 3. The van der Waals surface area contributed by atoms with Crippen LogP contribution in [0, 0.1) is 11.3 Å². The second-order valence-corrected chi connectivity index (χ2v) is 6.02. The van der Waals surface area contributed by atoms with E-state index in [2.05, 4.69) is 10.8 Å². The van der Waals surface area contributed by atoms with Crippen molar-refractivity contribution in [3.63, 3.8) is 0 Å². The van der Waals surface area contributed by atoms with Crippen molar-refractivity contribution in [3.8, 4) is 6.07 Å². The summed E-state index contributed by atoms with van der Waals surface area (Å²) < 4.78 is 25.8. The fourth-order valence-corrected chi connectivity index (χ4v) is 3.49. The molecule has 0 aliphatic heterocycles. The minimum Gasteiger partial charge on any atom is -0.212 e. The standard InChI is InChI=1S/C10H18N2O2S/c1-2-8-15(13,14)12-10(9-11)6-4-3-5-7-10/h12H,2-8H2,1H3. The molecule has 0 spiro atoms. The molecule has 1 N–H and O–H groups in total. The average molecular weight is 230 g/mol. The minimum absolute atomic E-state index is 0.108. The lowest BCUT2D eigenvalue weighted by atomic mass is 9.84. The molecular formula is C10H18N2O2S. The molecule has 0 bridgehead atoms. The van der Waals surface area contributed by atoms with Gasteiger partial charge in [0.25, 0.3) is 0 Å². The average Bonchev–Trinajstić information content (AvgIpc) is 2.18. The molecule has 1 aliphatic carbocycles. The fraction of sp³-hybridized carbons (Fsp3) is 0.900. The van der Waals surface area contributed by atoms with Gasteiger partial charge in [0, 0.05) is 0 Å². The highest BCUT2D eigenvalue weighted by Crippen LogP contribution is 2.28. The molecule has 4 nitrogen and oxygen atoms in total. The molecule has 1 aliphatic rings. The minimum atomic E-state index is -3.27. The molecule has 15 heavy (non-hydrogen) atoms. The maximum Gasteiger partial charge on any atom is 0.212 e. The third-order valence-corrected chi connectivity index (χ3v) is 4.39. The van der Waals surface area contributed by atoms with Crippen LogP contribution in [0.4, 0.5) is 0 Å². The van der Waals surface area contributed by atoms with E-state index in [0.29, 0.717) is 19.3 Å². The second-order valence-electron chi connectivity index (χ2n) is 4.18. The zero-order valence-corrected chi connectivity index (χ0v) is 9.94. The van der Waals surface area contributed by atoms with E-state index in [1.165, 1.54) is 0 Å². The van der Waals surface area contributed by atoms with Gasteiger partial charge in [-0.1, -0.05) is 26.2 Å². The van der Waals surface area contributed by atoms with E-state index in [4.69, 9.17) is 5.26 Å². The van der Waals surface area contributed by atoms with Gasteiger partial charge in [0.2, 0.25) is 10.0 Å². The first-order valence-electron chi connectivity index (χ1n) is 5.46. The lowest BCUT2D eigenvalue weighted by Crippen LogP contribution is -2.49. The first-order valence-corrected chi connectivity index (χ1v) is 7.12. The molecule has 1 saturated carbocycles. The van der Waals surface area contributed by atoms with Gasteiger partial charge < -0.3 is 0 Å². The Morgan fingerprint density at radius 2 is 1.93 bits per heavy atom. The van der Waals surface area contributed by atoms with Gasteiger partial charge in [0.1, 0.15) is 5.54 Å². The Kier molecular flexibility index (Phi) is 4.12. The van der Waals surface area contributed by atoms with Crippen LogP contribution in [0.2, 0.25) is 0 Å². The van der Waals surface area contributed by atoms with Crippen molar-refractivity contribution in [2.45, 2.75) is 51.0 Å². The van der Waals surface area contributed by atoms with Crippen molar-refractivity contribution in [1.29, 1.82) is 5.26 Å². The molecule has 86 valence electrons. The summed E-state index contributed by atoms with van der Waals surface area (Å²) in [6, 6.07) is 2.14. The zero-order valence-electron chi connectivity index (χ0n) is 9.12. The van der Waals surface area contributed by atoms with E-state index in [0.717, 1.165) is 19.3 Å². The van der Waals surface area contributed by atoms with Crippen LogP contribution < -0.4 is 4.72 Å². The molecule has 0 heterocycles. The van der Waals surface area contributed by atoms with E-state index in [1.807, 2.05) is 6.92 Å². The van der Waals surface area contributed by atoms with E-state index in [1.54, 1.807) is 0 Å². The van der Waals surface area contributed by atoms with Gasteiger partial charge in [-0.2, -0.15) is 9.98 Å². The smallest absolute Gasteiger partial charge is 0.212 e. The summed E-state index contributed by atoms with van der Waals surface area (Å²) in [4.78, 5) is 0. The van der Waals surface area contributed by atoms with Gasteiger partial charge in [-0.25, -0.2) is 8.42 Å². The van der Waals surface area contributed by atoms with Crippen LogP contribution in [0.3, 0.4) is 0 Å². The maximum atomic E-state index is 11.6. The fourth-order valence-electron chi connectivity index (χ4n) is 2.01. The van der Waals surface area contributed by atoms with Crippen LogP contribution in [0.25, 0.3) is 0 Å². The largest absolute Gasteiger partial charge is 0.212 e. The molecule has 0 radical (unpaired) electrons. The third kappa shape index (κ3) is 3.47. The zero-order chi connectivity index (χ0) is 11.4. The van der Waals surface area contributed by atoms with Crippen molar-refractivity contribution in [2.24, 2.45) is 0 Å². The third-order valence-electron chi connectivity index (χ3n) is 2.74. The second kappa shape index (κ2) is 4.95. The number of nitrogens with zero attached hydrogens (tertiary/aromatic N) is 1. The highest BCUT2D eigenvalue weighted by Gasteiger charge is 2.35. The Morgan fingerprint density at radius 1 is 1.33 bits per heavy atom. The highest BCUT2D eigenvalue weighted by molar-refractivity contribution is 7.89. The van der Waals surface area contributed by atoms with Crippen molar-refractivity contribution in [1.82, 2.24) is 4.72 Å². The Morgan fingerprint density at radius 3 is 2.40 bits per heavy atom. The van der Waals surface area contributed by atoms with Crippen molar-refractivity contribution in [2.75, 3.05) is 5.75 Å². The Balaban J connectivity index is 2.72. The van der Waals surface area contributed by atoms with Crippen molar-refractivity contribution >= 4 is 10.0 Å². The molecule has 0 aromatic rings. The SMILES string of the molecule is CCCS(=O)(=O)NC1(C#N)CCCCC1. The summed E-state index contributed by atoms with van der Waals surface area (Å²) in [6.07, 6.45) is 4.83. The first-order chi connectivity index (χ1) is 7.04. The molecule has 1 rings (SSSR count).